The second-order valence-electron chi connectivity index (χ2n) is 3.75. The molecule has 106 valence electrons. The number of aromatic nitrogens is 2. The summed E-state index contributed by atoms with van der Waals surface area (Å²) in [6.45, 7) is 6.51. The predicted molar refractivity (Wildman–Crippen MR) is 72.1 cm³/mol. The summed E-state index contributed by atoms with van der Waals surface area (Å²) in [6, 6.07) is 1.04. The quantitative estimate of drug-likeness (QED) is 0.611. The molecule has 0 aliphatic rings. The Hall–Kier alpha value is -1.40. The molecule has 0 aromatic carbocycles. The number of ether oxygens (including phenoxy) is 2. The summed E-state index contributed by atoms with van der Waals surface area (Å²) < 4.78 is 10.1. The fourth-order valence-electron chi connectivity index (χ4n) is 1.34. The van der Waals surface area contributed by atoms with Crippen molar-refractivity contribution in [3.63, 3.8) is 0 Å². The molecule has 1 heterocycles. The van der Waals surface area contributed by atoms with Gasteiger partial charge in [-0.05, 0) is 20.8 Å². The van der Waals surface area contributed by atoms with Crippen molar-refractivity contribution in [1.29, 1.82) is 0 Å². The van der Waals surface area contributed by atoms with Gasteiger partial charge in [0.1, 0.15) is 23.6 Å². The van der Waals surface area contributed by atoms with Crippen molar-refractivity contribution in [2.45, 2.75) is 33.4 Å². The van der Waals surface area contributed by atoms with Crippen LogP contribution in [0.1, 0.15) is 26.6 Å². The zero-order valence-corrected chi connectivity index (χ0v) is 12.0. The van der Waals surface area contributed by atoms with Crippen LogP contribution in [0, 0.1) is 0 Å². The molecule has 0 aliphatic carbocycles. The molecule has 1 aromatic heterocycles. The Morgan fingerprint density at radius 2 is 2.16 bits per heavy atom. The predicted octanol–water partition coefficient (Wildman–Crippen LogP) is 2.03. The van der Waals surface area contributed by atoms with Gasteiger partial charge in [-0.3, -0.25) is 0 Å². The number of carbonyl (C=O) groups excluding carboxylic acids is 1. The summed E-state index contributed by atoms with van der Waals surface area (Å²) in [5.74, 6) is 0.590. The highest BCUT2D eigenvalue weighted by Crippen LogP contribution is 2.13. The minimum atomic E-state index is -0.508. The molecule has 0 aliphatic heterocycles. The molecule has 19 heavy (non-hydrogen) atoms. The van der Waals surface area contributed by atoms with E-state index in [1.54, 1.807) is 19.9 Å². The molecule has 6 nitrogen and oxygen atoms in total. The number of carbonyl (C=O) groups is 1. The standard InChI is InChI=1S/C12H18ClN3O3/c1-4-18-7-11-15-9(13)6-10(16-11)14-8(3)12(17)19-5-2/h6,8H,4-5,7H2,1-3H3,(H,14,15,16). The number of esters is 1. The maximum absolute atomic E-state index is 11.5. The molecule has 0 bridgehead atoms. The van der Waals surface area contributed by atoms with Crippen LogP contribution in [0.25, 0.3) is 0 Å². The lowest BCUT2D eigenvalue weighted by molar-refractivity contribution is -0.143. The van der Waals surface area contributed by atoms with Crippen LogP contribution in [0.3, 0.4) is 0 Å². The monoisotopic (exact) mass is 287 g/mol. The van der Waals surface area contributed by atoms with Crippen LogP contribution < -0.4 is 5.32 Å². The Labute approximate surface area is 117 Å². The number of hydrogen-bond acceptors (Lipinski definition) is 6. The van der Waals surface area contributed by atoms with E-state index in [-0.39, 0.29) is 12.6 Å². The Balaban J connectivity index is 2.71. The maximum Gasteiger partial charge on any atom is 0.328 e. The summed E-state index contributed by atoms with van der Waals surface area (Å²) in [4.78, 5) is 19.8. The molecule has 1 N–H and O–H groups in total. The number of halogens is 1. The van der Waals surface area contributed by atoms with E-state index >= 15 is 0 Å². The average molecular weight is 288 g/mol. The Kier molecular flexibility index (Phi) is 6.52. The first-order chi connectivity index (χ1) is 9.06. The summed E-state index contributed by atoms with van der Waals surface area (Å²) in [7, 11) is 0. The normalized spacial score (nSPS) is 12.0. The number of rotatable bonds is 7. The summed E-state index contributed by atoms with van der Waals surface area (Å²) >= 11 is 5.89. The molecule has 0 radical (unpaired) electrons. The minimum Gasteiger partial charge on any atom is -0.464 e. The first-order valence-corrected chi connectivity index (χ1v) is 6.49. The molecule has 0 saturated heterocycles. The summed E-state index contributed by atoms with van der Waals surface area (Å²) in [5.41, 5.74) is 0. The molecule has 0 saturated carbocycles. The Bertz CT molecular complexity index is 429. The fraction of sp³-hybridized carbons (Fsp3) is 0.583. The van der Waals surface area contributed by atoms with Crippen LogP contribution in [0.2, 0.25) is 5.15 Å². The van der Waals surface area contributed by atoms with Crippen LogP contribution in [0.5, 0.6) is 0 Å². The molecule has 1 unspecified atom stereocenters. The van der Waals surface area contributed by atoms with Crippen molar-refractivity contribution in [2.75, 3.05) is 18.5 Å². The highest BCUT2D eigenvalue weighted by molar-refractivity contribution is 6.29. The van der Waals surface area contributed by atoms with Crippen molar-refractivity contribution in [1.82, 2.24) is 9.97 Å². The van der Waals surface area contributed by atoms with Crippen LogP contribution in [-0.4, -0.2) is 35.2 Å². The topological polar surface area (TPSA) is 73.3 Å². The van der Waals surface area contributed by atoms with Crippen LogP contribution in [-0.2, 0) is 20.9 Å². The molecule has 7 heteroatoms. The first kappa shape index (κ1) is 15.7. The number of anilines is 1. The van der Waals surface area contributed by atoms with E-state index < -0.39 is 6.04 Å². The third-order valence-corrected chi connectivity index (χ3v) is 2.37. The van der Waals surface area contributed by atoms with Gasteiger partial charge in [-0.15, -0.1) is 0 Å². The zero-order chi connectivity index (χ0) is 14.3. The van der Waals surface area contributed by atoms with Gasteiger partial charge in [0.2, 0.25) is 0 Å². The molecule has 0 spiro atoms. The lowest BCUT2D eigenvalue weighted by Gasteiger charge is -2.13. The van der Waals surface area contributed by atoms with Gasteiger partial charge in [0.25, 0.3) is 0 Å². The van der Waals surface area contributed by atoms with Crippen molar-refractivity contribution in [2.24, 2.45) is 0 Å². The second kappa shape index (κ2) is 7.91. The van der Waals surface area contributed by atoms with Crippen LogP contribution in [0.15, 0.2) is 6.07 Å². The molecule has 0 amide bonds. The maximum atomic E-state index is 11.5. The molecular formula is C12H18ClN3O3. The van der Waals surface area contributed by atoms with E-state index in [0.29, 0.717) is 30.0 Å². The summed E-state index contributed by atoms with van der Waals surface area (Å²) in [5, 5.41) is 3.21. The van der Waals surface area contributed by atoms with E-state index in [2.05, 4.69) is 15.3 Å². The van der Waals surface area contributed by atoms with E-state index in [0.717, 1.165) is 0 Å². The molecule has 0 fully saturated rings. The lowest BCUT2D eigenvalue weighted by Crippen LogP contribution is -2.28. The van der Waals surface area contributed by atoms with E-state index in [1.165, 1.54) is 0 Å². The molecular weight excluding hydrogens is 270 g/mol. The third kappa shape index (κ3) is 5.40. The summed E-state index contributed by atoms with van der Waals surface area (Å²) in [6.07, 6.45) is 0. The van der Waals surface area contributed by atoms with Gasteiger partial charge in [0, 0.05) is 12.7 Å². The molecule has 1 aromatic rings. The van der Waals surface area contributed by atoms with Gasteiger partial charge in [-0.25, -0.2) is 14.8 Å². The van der Waals surface area contributed by atoms with Crippen LogP contribution in [0.4, 0.5) is 5.82 Å². The smallest absolute Gasteiger partial charge is 0.328 e. The third-order valence-electron chi connectivity index (χ3n) is 2.18. The van der Waals surface area contributed by atoms with Crippen LogP contribution >= 0.6 is 11.6 Å². The Morgan fingerprint density at radius 3 is 2.79 bits per heavy atom. The van der Waals surface area contributed by atoms with Gasteiger partial charge in [-0.2, -0.15) is 0 Å². The molecule has 1 atom stereocenters. The fourth-order valence-corrected chi connectivity index (χ4v) is 1.55. The van der Waals surface area contributed by atoms with Crippen molar-refractivity contribution < 1.29 is 14.3 Å². The highest BCUT2D eigenvalue weighted by atomic mass is 35.5. The zero-order valence-electron chi connectivity index (χ0n) is 11.3. The van der Waals surface area contributed by atoms with Gasteiger partial charge >= 0.3 is 5.97 Å². The Morgan fingerprint density at radius 1 is 1.42 bits per heavy atom. The largest absolute Gasteiger partial charge is 0.464 e. The van der Waals surface area contributed by atoms with E-state index in [4.69, 9.17) is 21.1 Å². The number of hydrogen-bond donors (Lipinski definition) is 1. The van der Waals surface area contributed by atoms with Gasteiger partial charge in [0.05, 0.1) is 6.61 Å². The minimum absolute atomic E-state index is 0.277. The van der Waals surface area contributed by atoms with E-state index in [1.807, 2.05) is 6.92 Å². The average Bonchev–Trinajstić information content (AvgIpc) is 2.36. The first-order valence-electron chi connectivity index (χ1n) is 6.11. The lowest BCUT2D eigenvalue weighted by atomic mass is 10.3. The number of nitrogens with zero attached hydrogens (tertiary/aromatic N) is 2. The van der Waals surface area contributed by atoms with Crippen molar-refractivity contribution >= 4 is 23.4 Å². The van der Waals surface area contributed by atoms with Gasteiger partial charge < -0.3 is 14.8 Å². The van der Waals surface area contributed by atoms with Gasteiger partial charge in [0.15, 0.2) is 5.82 Å². The van der Waals surface area contributed by atoms with E-state index in [9.17, 15) is 4.79 Å². The molecule has 1 rings (SSSR count). The van der Waals surface area contributed by atoms with Gasteiger partial charge in [-0.1, -0.05) is 11.6 Å². The SMILES string of the molecule is CCOCc1nc(Cl)cc(NC(C)C(=O)OCC)n1. The second-order valence-corrected chi connectivity index (χ2v) is 4.13. The highest BCUT2D eigenvalue weighted by Gasteiger charge is 2.15. The van der Waals surface area contributed by atoms with Crippen molar-refractivity contribution in [3.8, 4) is 0 Å². The van der Waals surface area contributed by atoms with Crippen molar-refractivity contribution in [3.05, 3.63) is 17.0 Å². The number of nitrogens with one attached hydrogen (secondary N) is 1.